The van der Waals surface area contributed by atoms with E-state index in [9.17, 15) is 9.59 Å². The second kappa shape index (κ2) is 10.5. The van der Waals surface area contributed by atoms with Gasteiger partial charge < -0.3 is 9.88 Å². The molecule has 9 heteroatoms. The predicted octanol–water partition coefficient (Wildman–Crippen LogP) is 5.60. The number of aromatic nitrogens is 5. The molecule has 0 aliphatic heterocycles. The molecule has 1 atom stereocenters. The minimum absolute atomic E-state index is 0.0122. The van der Waals surface area contributed by atoms with Crippen LogP contribution in [0.3, 0.4) is 0 Å². The molecule has 0 bridgehead atoms. The molecule has 4 aromatic rings. The largest absolute Gasteiger partial charge is 0.361 e. The summed E-state index contributed by atoms with van der Waals surface area (Å²) < 4.78 is 0. The molecule has 0 radical (unpaired) electrons. The molecule has 208 valence electrons. The number of benzene rings is 2. The number of amides is 2. The lowest BCUT2D eigenvalue weighted by molar-refractivity contribution is -0.137. The number of H-pyrrole nitrogens is 2. The highest BCUT2D eigenvalue weighted by Crippen LogP contribution is 2.44. The molecule has 2 aliphatic rings. The normalized spacial score (nSPS) is 20.8. The summed E-state index contributed by atoms with van der Waals surface area (Å²) in [4.78, 5) is 32.5. The van der Waals surface area contributed by atoms with Crippen molar-refractivity contribution in [2.45, 2.75) is 77.8 Å². The van der Waals surface area contributed by atoms with Crippen LogP contribution in [0.1, 0.15) is 86.0 Å². The number of fused-ring (bicyclic) bond motifs is 2. The van der Waals surface area contributed by atoms with Gasteiger partial charge in [-0.15, -0.1) is 5.10 Å². The topological polar surface area (TPSA) is 120 Å². The number of aryl methyl sites for hydroxylation is 1. The first-order valence-corrected chi connectivity index (χ1v) is 14.3. The van der Waals surface area contributed by atoms with Crippen LogP contribution in [0.5, 0.6) is 0 Å². The highest BCUT2D eigenvalue weighted by Gasteiger charge is 2.39. The van der Waals surface area contributed by atoms with E-state index in [1.54, 1.807) is 0 Å². The number of aromatic amines is 2. The molecule has 2 aliphatic carbocycles. The maximum Gasteiger partial charge on any atom is 0.270 e. The number of nitrogens with one attached hydrogen (secondary N) is 3. The van der Waals surface area contributed by atoms with E-state index < -0.39 is 0 Å². The zero-order valence-corrected chi connectivity index (χ0v) is 23.4. The number of rotatable bonds is 6. The van der Waals surface area contributed by atoms with Crippen LogP contribution in [0.25, 0.3) is 10.9 Å². The quantitative estimate of drug-likeness (QED) is 0.295. The van der Waals surface area contributed by atoms with E-state index in [0.29, 0.717) is 17.9 Å². The summed E-state index contributed by atoms with van der Waals surface area (Å²) in [6, 6.07) is 14.2. The number of hydrogen-bond acceptors (Lipinski definition) is 5. The van der Waals surface area contributed by atoms with Crippen LogP contribution in [0, 0.1) is 11.3 Å². The number of nitrogens with zero attached hydrogens (tertiary/aromatic N) is 4. The molecule has 40 heavy (non-hydrogen) atoms. The Balaban J connectivity index is 1.27. The second-order valence-corrected chi connectivity index (χ2v) is 12.4. The van der Waals surface area contributed by atoms with Crippen molar-refractivity contribution in [3.8, 4) is 0 Å². The minimum Gasteiger partial charge on any atom is -0.361 e. The zero-order valence-electron chi connectivity index (χ0n) is 23.4. The highest BCUT2D eigenvalue weighted by molar-refractivity contribution is 6.03. The third kappa shape index (κ3) is 5.12. The first kappa shape index (κ1) is 26.2. The van der Waals surface area contributed by atoms with Gasteiger partial charge in [-0.1, -0.05) is 50.1 Å². The van der Waals surface area contributed by atoms with E-state index >= 15 is 0 Å². The summed E-state index contributed by atoms with van der Waals surface area (Å²) >= 11 is 0. The lowest BCUT2D eigenvalue weighted by Crippen LogP contribution is -2.45. The van der Waals surface area contributed by atoms with E-state index in [-0.39, 0.29) is 35.3 Å². The van der Waals surface area contributed by atoms with Gasteiger partial charge in [-0.3, -0.25) is 14.9 Å². The number of tetrazole rings is 1. The van der Waals surface area contributed by atoms with Crippen molar-refractivity contribution in [1.82, 2.24) is 30.5 Å². The van der Waals surface area contributed by atoms with E-state index in [2.05, 4.69) is 68.7 Å². The van der Waals surface area contributed by atoms with Crippen molar-refractivity contribution >= 4 is 28.7 Å². The molecule has 2 amide bonds. The van der Waals surface area contributed by atoms with Crippen molar-refractivity contribution in [2.24, 2.45) is 11.3 Å². The van der Waals surface area contributed by atoms with Gasteiger partial charge in [0.15, 0.2) is 0 Å². The first-order valence-electron chi connectivity index (χ1n) is 14.3. The smallest absolute Gasteiger partial charge is 0.270 e. The Labute approximate surface area is 234 Å². The summed E-state index contributed by atoms with van der Waals surface area (Å²) in [5, 5.41) is 17.2. The van der Waals surface area contributed by atoms with Gasteiger partial charge in [0.05, 0.1) is 12.5 Å². The Bertz CT molecular complexity index is 1510. The summed E-state index contributed by atoms with van der Waals surface area (Å²) in [5.41, 5.74) is 5.20. The molecule has 3 N–H and O–H groups in total. The van der Waals surface area contributed by atoms with Crippen molar-refractivity contribution < 1.29 is 9.59 Å². The van der Waals surface area contributed by atoms with Crippen LogP contribution in [0.2, 0.25) is 0 Å². The summed E-state index contributed by atoms with van der Waals surface area (Å²) in [5.74, 6) is 0.718. The maximum atomic E-state index is 14.2. The van der Waals surface area contributed by atoms with Gasteiger partial charge >= 0.3 is 0 Å². The number of anilines is 1. The Morgan fingerprint density at radius 3 is 2.60 bits per heavy atom. The molecule has 9 nitrogen and oxygen atoms in total. The van der Waals surface area contributed by atoms with E-state index in [1.165, 1.54) is 0 Å². The SMILES string of the molecule is CC(C)(C)C1CCC(N(C(=O)Cc2c[nH]c3ccccc23)C2CCc3cc(C(=O)Nc4nn[nH]n4)ccc32)CC1. The number of carbonyl (C=O) groups excluding carboxylic acids is 2. The standard InChI is InChI=1S/C31H37N7O2/c1-31(2,3)22-10-12-23(13-11-22)38(28(39)17-21-18-32-26-7-5-4-6-24(21)26)27-15-9-19-16-20(8-14-25(19)27)29(40)33-30-34-36-37-35-30/h4-8,14,16,18,22-23,27,32H,9-13,15,17H2,1-3H3,(H2,33,34,35,36,37,40). The summed E-state index contributed by atoms with van der Waals surface area (Å²) in [6.07, 6.45) is 8.38. The van der Waals surface area contributed by atoms with Gasteiger partial charge in [-0.25, -0.2) is 0 Å². The monoisotopic (exact) mass is 539 g/mol. The lowest BCUT2D eigenvalue weighted by atomic mass is 9.71. The number of hydrogen-bond donors (Lipinski definition) is 3. The number of para-hydroxylation sites is 1. The minimum atomic E-state index is -0.277. The van der Waals surface area contributed by atoms with Crippen LogP contribution in [-0.4, -0.2) is 48.4 Å². The Kier molecular flexibility index (Phi) is 6.90. The Hall–Kier alpha value is -4.01. The molecular weight excluding hydrogens is 502 g/mol. The fourth-order valence-corrected chi connectivity index (χ4v) is 6.80. The fourth-order valence-electron chi connectivity index (χ4n) is 6.80. The first-order chi connectivity index (χ1) is 19.3. The molecule has 1 fully saturated rings. The van der Waals surface area contributed by atoms with Crippen LogP contribution in [0.15, 0.2) is 48.7 Å². The molecule has 2 aromatic carbocycles. The van der Waals surface area contributed by atoms with Gasteiger partial charge in [0, 0.05) is 28.7 Å². The fraction of sp³-hybridized carbons (Fsp3) is 0.452. The molecule has 2 heterocycles. The predicted molar refractivity (Wildman–Crippen MR) is 154 cm³/mol. The highest BCUT2D eigenvalue weighted by atomic mass is 16.2. The average molecular weight is 540 g/mol. The summed E-state index contributed by atoms with van der Waals surface area (Å²) in [7, 11) is 0. The van der Waals surface area contributed by atoms with Crippen LogP contribution >= 0.6 is 0 Å². The van der Waals surface area contributed by atoms with Gasteiger partial charge in [-0.2, -0.15) is 5.21 Å². The molecule has 0 spiro atoms. The van der Waals surface area contributed by atoms with Crippen molar-refractivity contribution in [1.29, 1.82) is 0 Å². The second-order valence-electron chi connectivity index (χ2n) is 12.4. The molecule has 1 unspecified atom stereocenters. The Morgan fingerprint density at radius 2 is 1.85 bits per heavy atom. The molecule has 0 saturated heterocycles. The van der Waals surface area contributed by atoms with Crippen LogP contribution < -0.4 is 5.32 Å². The lowest BCUT2D eigenvalue weighted by Gasteiger charge is -2.43. The molecule has 6 rings (SSSR count). The Morgan fingerprint density at radius 1 is 1.05 bits per heavy atom. The van der Waals surface area contributed by atoms with E-state index in [1.807, 2.05) is 36.5 Å². The van der Waals surface area contributed by atoms with E-state index in [4.69, 9.17) is 0 Å². The maximum absolute atomic E-state index is 14.2. The molecule has 1 saturated carbocycles. The summed E-state index contributed by atoms with van der Waals surface area (Å²) in [6.45, 7) is 6.99. The molecular formula is C31H37N7O2. The average Bonchev–Trinajstić information content (AvgIpc) is 3.70. The van der Waals surface area contributed by atoms with Crippen molar-refractivity contribution in [3.63, 3.8) is 0 Å². The zero-order chi connectivity index (χ0) is 27.9. The van der Waals surface area contributed by atoms with Gasteiger partial charge in [0.1, 0.15) is 0 Å². The van der Waals surface area contributed by atoms with Gasteiger partial charge in [-0.05, 0) is 90.0 Å². The molecule has 2 aromatic heterocycles. The van der Waals surface area contributed by atoms with Crippen molar-refractivity contribution in [2.75, 3.05) is 5.32 Å². The number of carbonyl (C=O) groups is 2. The van der Waals surface area contributed by atoms with Crippen molar-refractivity contribution in [3.05, 3.63) is 70.9 Å². The third-order valence-electron chi connectivity index (χ3n) is 8.98. The van der Waals surface area contributed by atoms with Crippen LogP contribution in [-0.2, 0) is 17.6 Å². The van der Waals surface area contributed by atoms with Gasteiger partial charge in [0.25, 0.3) is 11.9 Å². The third-order valence-corrected chi connectivity index (χ3v) is 8.98. The van der Waals surface area contributed by atoms with Crippen LogP contribution in [0.4, 0.5) is 5.95 Å². The van der Waals surface area contributed by atoms with E-state index in [0.717, 1.165) is 66.1 Å². The van der Waals surface area contributed by atoms with Gasteiger partial charge in [0.2, 0.25) is 5.91 Å².